The number of carbonyl (C=O) groups excluding carboxylic acids is 1. The third kappa shape index (κ3) is 4.49. The molecule has 0 radical (unpaired) electrons. The van der Waals surface area contributed by atoms with Crippen LogP contribution in [-0.4, -0.2) is 73.5 Å². The van der Waals surface area contributed by atoms with Crippen LogP contribution >= 0.6 is 0 Å². The molecule has 138 valence electrons. The molecule has 0 atom stereocenters. The summed E-state index contributed by atoms with van der Waals surface area (Å²) in [6.45, 7) is 2.58. The van der Waals surface area contributed by atoms with E-state index in [0.29, 0.717) is 26.2 Å². The zero-order valence-corrected chi connectivity index (χ0v) is 15.5. The van der Waals surface area contributed by atoms with Crippen LogP contribution in [0.1, 0.15) is 25.7 Å². The third-order valence-electron chi connectivity index (χ3n) is 5.05. The van der Waals surface area contributed by atoms with Gasteiger partial charge in [0.2, 0.25) is 15.9 Å². The average Bonchev–Trinajstić information content (AvgIpc) is 3.13. The van der Waals surface area contributed by atoms with Gasteiger partial charge in [0.25, 0.3) is 0 Å². The summed E-state index contributed by atoms with van der Waals surface area (Å²) in [5, 5.41) is 0. The first kappa shape index (κ1) is 18.1. The Morgan fingerprint density at radius 3 is 2.44 bits per heavy atom. The van der Waals surface area contributed by atoms with Gasteiger partial charge >= 0.3 is 0 Å². The first-order valence-electron chi connectivity index (χ1n) is 8.86. The molecule has 1 saturated carbocycles. The lowest BCUT2D eigenvalue weighted by atomic mass is 10.2. The van der Waals surface area contributed by atoms with E-state index in [2.05, 4.69) is 9.88 Å². The summed E-state index contributed by atoms with van der Waals surface area (Å²) < 4.78 is 25.6. The maximum absolute atomic E-state index is 12.6. The fourth-order valence-electron chi connectivity index (χ4n) is 3.67. The number of hydrogen-bond donors (Lipinski definition) is 0. The Hall–Kier alpha value is -1.67. The number of aromatic nitrogens is 1. The highest BCUT2D eigenvalue weighted by Crippen LogP contribution is 2.25. The minimum Gasteiger partial charge on any atom is -0.353 e. The molecule has 1 aromatic heterocycles. The van der Waals surface area contributed by atoms with Crippen LogP contribution in [0.4, 0.5) is 5.82 Å². The van der Waals surface area contributed by atoms with Crippen molar-refractivity contribution in [2.75, 3.05) is 43.9 Å². The molecule has 1 saturated heterocycles. The molecule has 3 rings (SSSR count). The van der Waals surface area contributed by atoms with E-state index >= 15 is 0 Å². The maximum atomic E-state index is 12.6. The first-order chi connectivity index (χ1) is 11.9. The molecule has 1 aliphatic heterocycles. The van der Waals surface area contributed by atoms with Gasteiger partial charge in [0, 0.05) is 38.4 Å². The molecule has 0 unspecified atom stereocenters. The highest BCUT2D eigenvalue weighted by Gasteiger charge is 2.33. The van der Waals surface area contributed by atoms with Gasteiger partial charge in [-0.1, -0.05) is 18.9 Å². The Balaban J connectivity index is 1.58. The number of hydrogen-bond acceptors (Lipinski definition) is 5. The second-order valence-corrected chi connectivity index (χ2v) is 8.74. The van der Waals surface area contributed by atoms with Gasteiger partial charge in [-0.3, -0.25) is 4.79 Å². The third-order valence-corrected chi connectivity index (χ3v) is 6.33. The molecule has 2 fully saturated rings. The Morgan fingerprint density at radius 2 is 1.88 bits per heavy atom. The van der Waals surface area contributed by atoms with Crippen molar-refractivity contribution in [3.63, 3.8) is 0 Å². The molecule has 1 aliphatic carbocycles. The molecule has 1 aromatic rings. The molecule has 25 heavy (non-hydrogen) atoms. The molecule has 0 N–H and O–H groups in total. The van der Waals surface area contributed by atoms with Gasteiger partial charge in [0.1, 0.15) is 5.82 Å². The summed E-state index contributed by atoms with van der Waals surface area (Å²) in [5.74, 6) is 0.816. The SMILES string of the molecule is CS(=O)(=O)N(CC(=O)N1CCN(c2ccccn2)CC1)C1CCCC1. The minimum absolute atomic E-state index is 0.0197. The molecule has 0 bridgehead atoms. The van der Waals surface area contributed by atoms with Crippen molar-refractivity contribution in [1.82, 2.24) is 14.2 Å². The molecular weight excluding hydrogens is 340 g/mol. The summed E-state index contributed by atoms with van der Waals surface area (Å²) in [6, 6.07) is 5.77. The van der Waals surface area contributed by atoms with Crippen LogP contribution in [0.2, 0.25) is 0 Å². The second-order valence-electron chi connectivity index (χ2n) is 6.80. The van der Waals surface area contributed by atoms with Crippen LogP contribution in [0.25, 0.3) is 0 Å². The van der Waals surface area contributed by atoms with Crippen molar-refractivity contribution in [2.45, 2.75) is 31.7 Å². The maximum Gasteiger partial charge on any atom is 0.238 e. The highest BCUT2D eigenvalue weighted by molar-refractivity contribution is 7.88. The van der Waals surface area contributed by atoms with Gasteiger partial charge in [0.15, 0.2) is 0 Å². The summed E-state index contributed by atoms with van der Waals surface area (Å²) in [5.41, 5.74) is 0. The van der Waals surface area contributed by atoms with E-state index in [1.165, 1.54) is 10.6 Å². The number of pyridine rings is 1. The number of piperazine rings is 1. The van der Waals surface area contributed by atoms with E-state index in [0.717, 1.165) is 31.5 Å². The van der Waals surface area contributed by atoms with Gasteiger partial charge < -0.3 is 9.80 Å². The van der Waals surface area contributed by atoms with Gasteiger partial charge in [0.05, 0.1) is 12.8 Å². The van der Waals surface area contributed by atoms with Crippen LogP contribution in [0.15, 0.2) is 24.4 Å². The number of rotatable bonds is 5. The predicted molar refractivity (Wildman–Crippen MR) is 96.8 cm³/mol. The van der Waals surface area contributed by atoms with E-state index in [1.54, 1.807) is 11.1 Å². The standard InChI is InChI=1S/C17H26N4O3S/c1-25(23,24)21(15-6-2-3-7-15)14-17(22)20-12-10-19(11-13-20)16-8-4-5-9-18-16/h4-5,8-9,15H,2-3,6-7,10-14H2,1H3. The average molecular weight is 366 g/mol. The van der Waals surface area contributed by atoms with Crippen LogP contribution in [0.5, 0.6) is 0 Å². The summed E-state index contributed by atoms with van der Waals surface area (Å²) in [7, 11) is -3.37. The monoisotopic (exact) mass is 366 g/mol. The topological polar surface area (TPSA) is 73.8 Å². The number of amides is 1. The van der Waals surface area contributed by atoms with Crippen molar-refractivity contribution in [1.29, 1.82) is 0 Å². The van der Waals surface area contributed by atoms with Crippen LogP contribution in [-0.2, 0) is 14.8 Å². The zero-order valence-electron chi connectivity index (χ0n) is 14.7. The Labute approximate surface area is 149 Å². The molecule has 2 heterocycles. The number of nitrogens with zero attached hydrogens (tertiary/aromatic N) is 4. The molecule has 2 aliphatic rings. The van der Waals surface area contributed by atoms with Crippen molar-refractivity contribution in [3.8, 4) is 0 Å². The van der Waals surface area contributed by atoms with Gasteiger partial charge in [-0.15, -0.1) is 0 Å². The summed E-state index contributed by atoms with van der Waals surface area (Å²) in [6.07, 6.45) is 6.75. The minimum atomic E-state index is -3.37. The van der Waals surface area contributed by atoms with Crippen LogP contribution in [0, 0.1) is 0 Å². The molecule has 0 spiro atoms. The van der Waals surface area contributed by atoms with Crippen molar-refractivity contribution in [3.05, 3.63) is 24.4 Å². The van der Waals surface area contributed by atoms with Gasteiger partial charge in [-0.25, -0.2) is 13.4 Å². The number of sulfonamides is 1. The summed E-state index contributed by atoms with van der Waals surface area (Å²) >= 11 is 0. The summed E-state index contributed by atoms with van der Waals surface area (Å²) in [4.78, 5) is 20.9. The Morgan fingerprint density at radius 1 is 1.20 bits per heavy atom. The normalized spacial score (nSPS) is 19.6. The number of anilines is 1. The van der Waals surface area contributed by atoms with Crippen molar-refractivity contribution < 1.29 is 13.2 Å². The van der Waals surface area contributed by atoms with Crippen LogP contribution in [0.3, 0.4) is 0 Å². The van der Waals surface area contributed by atoms with E-state index in [4.69, 9.17) is 0 Å². The molecule has 8 heteroatoms. The molecule has 0 aromatic carbocycles. The number of carbonyl (C=O) groups is 1. The Bertz CT molecular complexity index is 681. The van der Waals surface area contributed by atoms with Gasteiger partial charge in [-0.05, 0) is 25.0 Å². The highest BCUT2D eigenvalue weighted by atomic mass is 32.2. The largest absolute Gasteiger partial charge is 0.353 e. The fourth-order valence-corrected chi connectivity index (χ4v) is 4.77. The second kappa shape index (κ2) is 7.70. The van der Waals surface area contributed by atoms with E-state index in [1.807, 2.05) is 18.2 Å². The molecule has 1 amide bonds. The Kier molecular flexibility index (Phi) is 5.58. The smallest absolute Gasteiger partial charge is 0.238 e. The van der Waals surface area contributed by atoms with Crippen molar-refractivity contribution >= 4 is 21.7 Å². The van der Waals surface area contributed by atoms with E-state index in [-0.39, 0.29) is 18.5 Å². The quantitative estimate of drug-likeness (QED) is 0.775. The van der Waals surface area contributed by atoms with Crippen molar-refractivity contribution in [2.24, 2.45) is 0 Å². The predicted octanol–water partition coefficient (Wildman–Crippen LogP) is 0.934. The lowest BCUT2D eigenvalue weighted by molar-refractivity contribution is -0.132. The van der Waals surface area contributed by atoms with Gasteiger partial charge in [-0.2, -0.15) is 4.31 Å². The first-order valence-corrected chi connectivity index (χ1v) is 10.7. The lowest BCUT2D eigenvalue weighted by Gasteiger charge is -2.36. The van der Waals surface area contributed by atoms with E-state index < -0.39 is 10.0 Å². The lowest BCUT2D eigenvalue weighted by Crippen LogP contribution is -2.53. The van der Waals surface area contributed by atoms with Crippen LogP contribution < -0.4 is 4.90 Å². The fraction of sp³-hybridized carbons (Fsp3) is 0.647. The molecular formula is C17H26N4O3S. The van der Waals surface area contributed by atoms with E-state index in [9.17, 15) is 13.2 Å². The molecule has 7 nitrogen and oxygen atoms in total. The zero-order chi connectivity index (χ0) is 17.9.